The Kier molecular flexibility index (Phi) is 9.09. The van der Waals surface area contributed by atoms with Crippen molar-refractivity contribution in [2.75, 3.05) is 0 Å². The molecule has 0 heteroatoms. The number of unbranched alkanes of at least 4 members (excludes halogenated alkanes) is 2. The van der Waals surface area contributed by atoms with Crippen LogP contribution in [0, 0.1) is 12.3 Å². The van der Waals surface area contributed by atoms with E-state index in [1.807, 2.05) is 0 Å². The van der Waals surface area contributed by atoms with Crippen LogP contribution >= 0.6 is 0 Å². The predicted octanol–water partition coefficient (Wildman–Crippen LogP) is 4.60. The molecule has 0 aliphatic rings. The summed E-state index contributed by atoms with van der Waals surface area (Å²) < 4.78 is 0. The second-order valence-electron chi connectivity index (χ2n) is 3.79. The van der Waals surface area contributed by atoms with Gasteiger partial charge >= 0.3 is 0 Å². The molecule has 0 N–H and O–H groups in total. The van der Waals surface area contributed by atoms with Gasteiger partial charge in [-0.25, -0.2) is 0 Å². The molecule has 0 amide bonds. The highest BCUT2D eigenvalue weighted by Gasteiger charge is 2.05. The van der Waals surface area contributed by atoms with Gasteiger partial charge in [-0.1, -0.05) is 59.3 Å². The van der Waals surface area contributed by atoms with Crippen molar-refractivity contribution in [3.63, 3.8) is 0 Å². The Bertz CT molecular complexity index is 68.1. The van der Waals surface area contributed by atoms with Crippen LogP contribution in [-0.2, 0) is 0 Å². The van der Waals surface area contributed by atoms with Gasteiger partial charge in [-0.3, -0.25) is 0 Å². The third kappa shape index (κ3) is 6.69. The van der Waals surface area contributed by atoms with Crippen molar-refractivity contribution in [2.24, 2.45) is 5.92 Å². The first kappa shape index (κ1) is 12.0. The van der Waals surface area contributed by atoms with E-state index in [9.17, 15) is 0 Å². The van der Waals surface area contributed by atoms with E-state index in [-0.39, 0.29) is 0 Å². The van der Waals surface area contributed by atoms with Gasteiger partial charge in [-0.15, -0.1) is 0 Å². The lowest BCUT2D eigenvalue weighted by atomic mass is 9.92. The van der Waals surface area contributed by atoms with Crippen LogP contribution in [0.2, 0.25) is 0 Å². The summed E-state index contributed by atoms with van der Waals surface area (Å²) in [6, 6.07) is 0. The summed E-state index contributed by atoms with van der Waals surface area (Å²) in [5.74, 6) is 0.981. The summed E-state index contributed by atoms with van der Waals surface area (Å²) in [6.07, 6.45) is 12.1. The topological polar surface area (TPSA) is 0 Å². The molecule has 0 atom stereocenters. The third-order valence-electron chi connectivity index (χ3n) is 2.50. The lowest BCUT2D eigenvalue weighted by Crippen LogP contribution is -2.00. The molecular formula is C12H25. The zero-order valence-corrected chi connectivity index (χ0v) is 9.10. The van der Waals surface area contributed by atoms with Crippen molar-refractivity contribution in [3.8, 4) is 0 Å². The highest BCUT2D eigenvalue weighted by molar-refractivity contribution is 4.66. The average molecular weight is 169 g/mol. The van der Waals surface area contributed by atoms with Gasteiger partial charge in [-0.2, -0.15) is 0 Å². The minimum Gasteiger partial charge on any atom is -0.0654 e. The van der Waals surface area contributed by atoms with Crippen LogP contribution in [0.25, 0.3) is 0 Å². The van der Waals surface area contributed by atoms with E-state index in [0.717, 1.165) is 5.92 Å². The maximum Gasteiger partial charge on any atom is -0.0412 e. The van der Waals surface area contributed by atoms with Gasteiger partial charge in [0.1, 0.15) is 0 Å². The predicted molar refractivity (Wildman–Crippen MR) is 57.1 cm³/mol. The van der Waals surface area contributed by atoms with Gasteiger partial charge in [0.2, 0.25) is 0 Å². The van der Waals surface area contributed by atoms with Crippen molar-refractivity contribution >= 4 is 0 Å². The Morgan fingerprint density at radius 1 is 1.00 bits per heavy atom. The van der Waals surface area contributed by atoms with Crippen LogP contribution in [-0.4, -0.2) is 0 Å². The zero-order valence-electron chi connectivity index (χ0n) is 9.10. The fraction of sp³-hybridized carbons (Fsp3) is 0.917. The van der Waals surface area contributed by atoms with E-state index in [1.54, 1.807) is 0 Å². The summed E-state index contributed by atoms with van der Waals surface area (Å²) in [5, 5.41) is 0. The smallest absolute Gasteiger partial charge is 0.0412 e. The Labute approximate surface area is 78.8 Å². The van der Waals surface area contributed by atoms with E-state index in [4.69, 9.17) is 0 Å². The molecule has 0 unspecified atom stereocenters. The van der Waals surface area contributed by atoms with Crippen molar-refractivity contribution in [2.45, 2.75) is 65.7 Å². The Hall–Kier alpha value is 0. The molecule has 0 heterocycles. The second kappa shape index (κ2) is 9.09. The first-order valence-corrected chi connectivity index (χ1v) is 5.62. The summed E-state index contributed by atoms with van der Waals surface area (Å²) >= 11 is 0. The van der Waals surface area contributed by atoms with Crippen molar-refractivity contribution < 1.29 is 0 Å². The summed E-state index contributed by atoms with van der Waals surface area (Å²) in [4.78, 5) is 0. The van der Waals surface area contributed by atoms with Crippen LogP contribution < -0.4 is 0 Å². The number of hydrogen-bond donors (Lipinski definition) is 0. The molecule has 0 saturated carbocycles. The quantitative estimate of drug-likeness (QED) is 0.498. The molecule has 0 nitrogen and oxygen atoms in total. The normalized spacial score (nSPS) is 11.0. The average Bonchev–Trinajstić information content (AvgIpc) is 2.10. The first-order chi connectivity index (χ1) is 5.85. The van der Waals surface area contributed by atoms with Gasteiger partial charge in [0, 0.05) is 0 Å². The highest BCUT2D eigenvalue weighted by atomic mass is 14.1. The summed E-state index contributed by atoms with van der Waals surface area (Å²) in [7, 11) is 0. The lowest BCUT2D eigenvalue weighted by Gasteiger charge is -2.14. The summed E-state index contributed by atoms with van der Waals surface area (Å²) in [6.45, 7) is 6.75. The second-order valence-corrected chi connectivity index (χ2v) is 3.79. The van der Waals surface area contributed by atoms with E-state index >= 15 is 0 Å². The standard InChI is InChI=1S/C12H25/c1-4-7-10-12(9-6-3)11-8-5-2/h6,12H,4-5,7-11H2,1-3H3. The molecule has 0 spiro atoms. The van der Waals surface area contributed by atoms with Gasteiger partial charge < -0.3 is 0 Å². The van der Waals surface area contributed by atoms with Crippen LogP contribution in [0.5, 0.6) is 0 Å². The van der Waals surface area contributed by atoms with Gasteiger partial charge in [0.05, 0.1) is 0 Å². The maximum atomic E-state index is 2.33. The Balaban J connectivity index is 3.40. The van der Waals surface area contributed by atoms with Gasteiger partial charge in [0.25, 0.3) is 0 Å². The van der Waals surface area contributed by atoms with Crippen LogP contribution in [0.15, 0.2) is 0 Å². The molecule has 0 rings (SSSR count). The number of hydrogen-bond acceptors (Lipinski definition) is 0. The molecule has 0 bridgehead atoms. The van der Waals surface area contributed by atoms with E-state index in [0.29, 0.717) is 0 Å². The SMILES string of the molecule is C[CH]CC(CCCC)CCCC. The van der Waals surface area contributed by atoms with Crippen molar-refractivity contribution in [3.05, 3.63) is 6.42 Å². The highest BCUT2D eigenvalue weighted by Crippen LogP contribution is 2.20. The maximum absolute atomic E-state index is 2.33. The molecule has 0 aromatic heterocycles. The number of rotatable bonds is 8. The fourth-order valence-electron chi connectivity index (χ4n) is 1.70. The molecule has 0 aromatic carbocycles. The summed E-state index contributed by atoms with van der Waals surface area (Å²) in [5.41, 5.74) is 0. The fourth-order valence-corrected chi connectivity index (χ4v) is 1.70. The molecule has 0 fully saturated rings. The Morgan fingerprint density at radius 2 is 1.50 bits per heavy atom. The molecule has 73 valence electrons. The molecule has 0 aliphatic heterocycles. The molecule has 0 aliphatic carbocycles. The van der Waals surface area contributed by atoms with E-state index in [1.165, 1.54) is 44.9 Å². The van der Waals surface area contributed by atoms with Gasteiger partial charge in [-0.05, 0) is 18.8 Å². The molecule has 0 saturated heterocycles. The molecule has 1 radical (unpaired) electrons. The zero-order chi connectivity index (χ0) is 9.23. The first-order valence-electron chi connectivity index (χ1n) is 5.62. The van der Waals surface area contributed by atoms with Gasteiger partial charge in [0.15, 0.2) is 0 Å². The van der Waals surface area contributed by atoms with Crippen molar-refractivity contribution in [1.82, 2.24) is 0 Å². The molecular weight excluding hydrogens is 144 g/mol. The van der Waals surface area contributed by atoms with Crippen LogP contribution in [0.4, 0.5) is 0 Å². The molecule has 12 heavy (non-hydrogen) atoms. The van der Waals surface area contributed by atoms with E-state index in [2.05, 4.69) is 27.2 Å². The Morgan fingerprint density at radius 3 is 1.83 bits per heavy atom. The molecule has 0 aromatic rings. The minimum absolute atomic E-state index is 0.981. The van der Waals surface area contributed by atoms with Crippen molar-refractivity contribution in [1.29, 1.82) is 0 Å². The van der Waals surface area contributed by atoms with Crippen LogP contribution in [0.3, 0.4) is 0 Å². The third-order valence-corrected chi connectivity index (χ3v) is 2.50. The van der Waals surface area contributed by atoms with E-state index < -0.39 is 0 Å². The van der Waals surface area contributed by atoms with Crippen LogP contribution in [0.1, 0.15) is 65.7 Å². The lowest BCUT2D eigenvalue weighted by molar-refractivity contribution is 0.414. The monoisotopic (exact) mass is 169 g/mol. The largest absolute Gasteiger partial charge is 0.0654 e. The minimum atomic E-state index is 0.981.